The van der Waals surface area contributed by atoms with Crippen LogP contribution >= 0.6 is 0 Å². The second kappa shape index (κ2) is 8.02. The highest BCUT2D eigenvalue weighted by Crippen LogP contribution is 2.32. The van der Waals surface area contributed by atoms with E-state index in [1.54, 1.807) is 48.7 Å². The van der Waals surface area contributed by atoms with E-state index >= 15 is 0 Å². The maximum absolute atomic E-state index is 12.6. The minimum Gasteiger partial charge on any atom is -0.486 e. The lowest BCUT2D eigenvalue weighted by Gasteiger charge is -2.19. The number of ketones is 1. The minimum atomic E-state index is -0.296. The number of rotatable bonds is 5. The first-order chi connectivity index (χ1) is 14.1. The average Bonchev–Trinajstić information content (AvgIpc) is 2.74. The lowest BCUT2D eigenvalue weighted by Crippen LogP contribution is -2.16. The smallest absolute Gasteiger partial charge is 0.257 e. The van der Waals surface area contributed by atoms with E-state index in [1.165, 1.54) is 13.1 Å². The first kappa shape index (κ1) is 18.5. The third-order valence-corrected chi connectivity index (χ3v) is 4.36. The Labute approximate surface area is 167 Å². The Bertz CT molecular complexity index is 1080. The SMILES string of the molecule is CC(=O)c1cccc(Nc2cncc(C(=O)Nc3ccc4c(c3)OCCO4)c2)c1. The number of nitrogens with zero attached hydrogens (tertiary/aromatic N) is 1. The maximum atomic E-state index is 12.6. The van der Waals surface area contributed by atoms with Gasteiger partial charge in [-0.1, -0.05) is 12.1 Å². The number of hydrogen-bond donors (Lipinski definition) is 2. The molecule has 0 spiro atoms. The van der Waals surface area contributed by atoms with Crippen molar-refractivity contribution in [1.82, 2.24) is 4.98 Å². The van der Waals surface area contributed by atoms with Crippen molar-refractivity contribution < 1.29 is 19.1 Å². The van der Waals surface area contributed by atoms with Crippen molar-refractivity contribution in [2.24, 2.45) is 0 Å². The molecule has 1 aliphatic rings. The summed E-state index contributed by atoms with van der Waals surface area (Å²) in [6.07, 6.45) is 3.10. The molecular formula is C22H19N3O4. The van der Waals surface area contributed by atoms with E-state index in [4.69, 9.17) is 9.47 Å². The van der Waals surface area contributed by atoms with Gasteiger partial charge in [-0.25, -0.2) is 0 Å². The molecule has 2 heterocycles. The number of anilines is 3. The third kappa shape index (κ3) is 4.35. The van der Waals surface area contributed by atoms with Crippen LogP contribution < -0.4 is 20.1 Å². The van der Waals surface area contributed by atoms with Crippen molar-refractivity contribution in [3.05, 3.63) is 72.1 Å². The lowest BCUT2D eigenvalue weighted by molar-refractivity contribution is 0.101. The molecule has 0 saturated carbocycles. The molecule has 1 amide bonds. The standard InChI is InChI=1S/C22H19N3O4/c1-14(26)15-3-2-4-17(9-15)24-19-10-16(12-23-13-19)22(27)25-18-5-6-20-21(11-18)29-8-7-28-20/h2-6,9-13,24H,7-8H2,1H3,(H,25,27). The van der Waals surface area contributed by atoms with E-state index in [0.717, 1.165) is 5.69 Å². The van der Waals surface area contributed by atoms with Gasteiger partial charge in [0.2, 0.25) is 0 Å². The van der Waals surface area contributed by atoms with Crippen molar-refractivity contribution in [3.8, 4) is 11.5 Å². The molecular weight excluding hydrogens is 370 g/mol. The van der Waals surface area contributed by atoms with Gasteiger partial charge in [0.1, 0.15) is 13.2 Å². The van der Waals surface area contributed by atoms with Gasteiger partial charge in [-0.15, -0.1) is 0 Å². The molecule has 7 nitrogen and oxygen atoms in total. The van der Waals surface area contributed by atoms with Gasteiger partial charge in [-0.3, -0.25) is 14.6 Å². The molecule has 146 valence electrons. The Kier molecular flexibility index (Phi) is 5.11. The average molecular weight is 389 g/mol. The molecule has 0 atom stereocenters. The van der Waals surface area contributed by atoms with Gasteiger partial charge in [-0.2, -0.15) is 0 Å². The highest BCUT2D eigenvalue weighted by molar-refractivity contribution is 6.04. The highest BCUT2D eigenvalue weighted by atomic mass is 16.6. The van der Waals surface area contributed by atoms with Crippen molar-refractivity contribution in [3.63, 3.8) is 0 Å². The second-order valence-corrected chi connectivity index (χ2v) is 6.54. The minimum absolute atomic E-state index is 0.0145. The fraction of sp³-hybridized carbons (Fsp3) is 0.136. The number of Topliss-reactive ketones (excluding diaryl/α,β-unsaturated/α-hetero) is 1. The molecule has 2 N–H and O–H groups in total. The first-order valence-corrected chi connectivity index (χ1v) is 9.12. The van der Waals surface area contributed by atoms with E-state index < -0.39 is 0 Å². The number of fused-ring (bicyclic) bond motifs is 1. The number of hydrogen-bond acceptors (Lipinski definition) is 6. The number of aromatic nitrogens is 1. The van der Waals surface area contributed by atoms with Crippen LogP contribution in [0.1, 0.15) is 27.6 Å². The molecule has 0 aliphatic carbocycles. The number of nitrogens with one attached hydrogen (secondary N) is 2. The molecule has 0 saturated heterocycles. The molecule has 7 heteroatoms. The van der Waals surface area contributed by atoms with Gasteiger partial charge in [0, 0.05) is 29.2 Å². The van der Waals surface area contributed by atoms with Gasteiger partial charge >= 0.3 is 0 Å². The number of carbonyl (C=O) groups excluding carboxylic acids is 2. The Morgan fingerprint density at radius 1 is 0.862 bits per heavy atom. The maximum Gasteiger partial charge on any atom is 0.257 e. The molecule has 4 rings (SSSR count). The molecule has 0 unspecified atom stereocenters. The van der Waals surface area contributed by atoms with E-state index in [2.05, 4.69) is 15.6 Å². The van der Waals surface area contributed by atoms with Crippen LogP contribution in [0.3, 0.4) is 0 Å². The molecule has 29 heavy (non-hydrogen) atoms. The molecule has 0 bridgehead atoms. The predicted octanol–water partition coefficient (Wildman–Crippen LogP) is 4.05. The zero-order valence-corrected chi connectivity index (χ0v) is 15.8. The molecule has 2 aromatic carbocycles. The normalized spacial score (nSPS) is 12.2. The summed E-state index contributed by atoms with van der Waals surface area (Å²) in [5.41, 5.74) is 2.99. The van der Waals surface area contributed by atoms with Gasteiger partial charge in [0.25, 0.3) is 5.91 Å². The zero-order valence-electron chi connectivity index (χ0n) is 15.8. The van der Waals surface area contributed by atoms with Crippen LogP contribution in [-0.2, 0) is 0 Å². The Morgan fingerprint density at radius 2 is 1.66 bits per heavy atom. The van der Waals surface area contributed by atoms with Crippen LogP contribution in [0.4, 0.5) is 17.1 Å². The third-order valence-electron chi connectivity index (χ3n) is 4.36. The van der Waals surface area contributed by atoms with E-state index in [1.807, 2.05) is 6.07 Å². The summed E-state index contributed by atoms with van der Waals surface area (Å²) in [5.74, 6) is 0.956. The number of carbonyl (C=O) groups is 2. The summed E-state index contributed by atoms with van der Waals surface area (Å²) in [6, 6.07) is 14.1. The summed E-state index contributed by atoms with van der Waals surface area (Å²) in [6.45, 7) is 2.51. The van der Waals surface area contributed by atoms with Crippen molar-refractivity contribution >= 4 is 28.8 Å². The molecule has 0 radical (unpaired) electrons. The predicted molar refractivity (Wildman–Crippen MR) is 109 cm³/mol. The zero-order chi connectivity index (χ0) is 20.2. The van der Waals surface area contributed by atoms with Crippen molar-refractivity contribution in [2.45, 2.75) is 6.92 Å². The molecule has 1 aliphatic heterocycles. The summed E-state index contributed by atoms with van der Waals surface area (Å²) in [4.78, 5) is 28.3. The van der Waals surface area contributed by atoms with E-state index in [9.17, 15) is 9.59 Å². The van der Waals surface area contributed by atoms with Crippen LogP contribution in [-0.4, -0.2) is 29.9 Å². The second-order valence-electron chi connectivity index (χ2n) is 6.54. The van der Waals surface area contributed by atoms with Crippen LogP contribution in [0.2, 0.25) is 0 Å². The lowest BCUT2D eigenvalue weighted by atomic mass is 10.1. The summed E-state index contributed by atoms with van der Waals surface area (Å²) in [7, 11) is 0. The van der Waals surface area contributed by atoms with Gasteiger partial charge in [0.15, 0.2) is 17.3 Å². The summed E-state index contributed by atoms with van der Waals surface area (Å²) >= 11 is 0. The quantitative estimate of drug-likeness (QED) is 0.640. The number of ether oxygens (including phenoxy) is 2. The van der Waals surface area contributed by atoms with Gasteiger partial charge in [0.05, 0.1) is 17.4 Å². The fourth-order valence-corrected chi connectivity index (χ4v) is 2.94. The number of benzene rings is 2. The Balaban J connectivity index is 1.49. The molecule has 3 aromatic rings. The molecule has 1 aromatic heterocycles. The van der Waals surface area contributed by atoms with Crippen LogP contribution in [0.5, 0.6) is 11.5 Å². The Hall–Kier alpha value is -3.87. The van der Waals surface area contributed by atoms with Gasteiger partial charge in [-0.05, 0) is 37.3 Å². The number of pyridine rings is 1. The summed E-state index contributed by atoms with van der Waals surface area (Å²) < 4.78 is 11.0. The van der Waals surface area contributed by atoms with Crippen molar-refractivity contribution in [1.29, 1.82) is 0 Å². The van der Waals surface area contributed by atoms with E-state index in [0.29, 0.717) is 47.2 Å². The first-order valence-electron chi connectivity index (χ1n) is 9.12. The van der Waals surface area contributed by atoms with Crippen LogP contribution in [0.25, 0.3) is 0 Å². The van der Waals surface area contributed by atoms with Crippen LogP contribution in [0, 0.1) is 0 Å². The fourth-order valence-electron chi connectivity index (χ4n) is 2.94. The highest BCUT2D eigenvalue weighted by Gasteiger charge is 2.14. The van der Waals surface area contributed by atoms with Crippen molar-refractivity contribution in [2.75, 3.05) is 23.8 Å². The van der Waals surface area contributed by atoms with E-state index in [-0.39, 0.29) is 11.7 Å². The molecule has 0 fully saturated rings. The largest absolute Gasteiger partial charge is 0.486 e. The monoisotopic (exact) mass is 389 g/mol. The Morgan fingerprint density at radius 3 is 2.48 bits per heavy atom. The van der Waals surface area contributed by atoms with Crippen LogP contribution in [0.15, 0.2) is 60.9 Å². The summed E-state index contributed by atoms with van der Waals surface area (Å²) in [5, 5.41) is 6.00. The topological polar surface area (TPSA) is 89.6 Å². The number of amides is 1. The van der Waals surface area contributed by atoms with Gasteiger partial charge < -0.3 is 20.1 Å².